The molecule has 4 aromatic rings. The number of thiophene rings is 1. The molecule has 164 valence electrons. The van der Waals surface area contributed by atoms with Gasteiger partial charge in [-0.25, -0.2) is 14.8 Å². The van der Waals surface area contributed by atoms with Crippen molar-refractivity contribution in [3.05, 3.63) is 47.2 Å². The highest BCUT2D eigenvalue weighted by molar-refractivity contribution is 7.17. The van der Waals surface area contributed by atoms with E-state index in [9.17, 15) is 9.59 Å². The Morgan fingerprint density at radius 3 is 2.72 bits per heavy atom. The highest BCUT2D eigenvalue weighted by Gasteiger charge is 2.28. The van der Waals surface area contributed by atoms with Crippen LogP contribution in [0.1, 0.15) is 27.8 Å². The first-order valence-electron chi connectivity index (χ1n) is 10.2. The van der Waals surface area contributed by atoms with Gasteiger partial charge >= 0.3 is 5.97 Å². The molecule has 1 aliphatic rings. The topological polar surface area (TPSA) is 119 Å². The van der Waals surface area contributed by atoms with Crippen molar-refractivity contribution in [3.63, 3.8) is 0 Å². The Labute approximate surface area is 187 Å². The molecular formula is C21H21N7O3S. The Balaban J connectivity index is 1.38. The molecule has 0 atom stereocenters. The van der Waals surface area contributed by atoms with Gasteiger partial charge in [-0.05, 0) is 19.1 Å². The quantitative estimate of drug-likeness (QED) is 0.468. The van der Waals surface area contributed by atoms with Crippen LogP contribution in [-0.2, 0) is 4.74 Å². The zero-order valence-corrected chi connectivity index (χ0v) is 18.2. The molecule has 1 aliphatic heterocycles. The minimum atomic E-state index is -0.408. The van der Waals surface area contributed by atoms with Gasteiger partial charge in [0, 0.05) is 44.0 Å². The molecule has 32 heavy (non-hydrogen) atoms. The minimum absolute atomic E-state index is 0.108. The number of hydrogen-bond acceptors (Lipinski definition) is 9. The van der Waals surface area contributed by atoms with Gasteiger partial charge in [-0.2, -0.15) is 4.98 Å². The molecular weight excluding hydrogens is 430 g/mol. The minimum Gasteiger partial charge on any atom is -0.462 e. The first-order chi connectivity index (χ1) is 15.5. The van der Waals surface area contributed by atoms with Crippen molar-refractivity contribution in [2.45, 2.75) is 6.92 Å². The molecule has 5 heterocycles. The van der Waals surface area contributed by atoms with E-state index >= 15 is 0 Å². The molecule has 0 spiro atoms. The molecule has 0 aliphatic carbocycles. The molecule has 0 radical (unpaired) electrons. The summed E-state index contributed by atoms with van der Waals surface area (Å²) in [5.74, 6) is 0.224. The number of carbonyl (C=O) groups is 2. The van der Waals surface area contributed by atoms with Crippen LogP contribution in [0, 0.1) is 0 Å². The molecule has 5 rings (SSSR count). The SMILES string of the molecule is CCOC(=O)c1csc2nc(N)nc(N3CCN(C(=O)c4cn5ccccc5n4)CC3)c12. The number of carbonyl (C=O) groups excluding carboxylic acids is 2. The van der Waals surface area contributed by atoms with Crippen LogP contribution in [0.2, 0.25) is 0 Å². The van der Waals surface area contributed by atoms with Crippen molar-refractivity contribution in [1.29, 1.82) is 0 Å². The Kier molecular flexibility index (Phi) is 5.10. The van der Waals surface area contributed by atoms with Crippen LogP contribution in [0.5, 0.6) is 0 Å². The second kappa shape index (κ2) is 8.08. The zero-order chi connectivity index (χ0) is 22.2. The zero-order valence-electron chi connectivity index (χ0n) is 17.4. The fraction of sp³-hybridized carbons (Fsp3) is 0.286. The molecule has 11 heteroatoms. The number of amides is 1. The lowest BCUT2D eigenvalue weighted by Gasteiger charge is -2.35. The summed E-state index contributed by atoms with van der Waals surface area (Å²) in [6, 6.07) is 5.64. The fourth-order valence-electron chi connectivity index (χ4n) is 3.85. The van der Waals surface area contributed by atoms with Crippen LogP contribution >= 0.6 is 11.3 Å². The Bertz CT molecular complexity index is 1290. The van der Waals surface area contributed by atoms with E-state index in [1.165, 1.54) is 11.3 Å². The molecule has 1 saturated heterocycles. The van der Waals surface area contributed by atoms with E-state index in [1.54, 1.807) is 23.4 Å². The molecule has 0 aromatic carbocycles. The number of anilines is 2. The average Bonchev–Trinajstić information content (AvgIpc) is 3.42. The number of nitrogens with two attached hydrogens (primary N) is 1. The monoisotopic (exact) mass is 451 g/mol. The van der Waals surface area contributed by atoms with Crippen LogP contribution in [0.25, 0.3) is 15.9 Å². The van der Waals surface area contributed by atoms with Gasteiger partial charge in [-0.3, -0.25) is 4.79 Å². The molecule has 1 fully saturated rings. The van der Waals surface area contributed by atoms with Crippen LogP contribution in [0.3, 0.4) is 0 Å². The van der Waals surface area contributed by atoms with Gasteiger partial charge < -0.3 is 24.7 Å². The van der Waals surface area contributed by atoms with Gasteiger partial charge in [0.15, 0.2) is 0 Å². The van der Waals surface area contributed by atoms with Crippen LogP contribution in [0.4, 0.5) is 11.8 Å². The Morgan fingerprint density at radius 1 is 1.16 bits per heavy atom. The van der Waals surface area contributed by atoms with Crippen molar-refractivity contribution < 1.29 is 14.3 Å². The third kappa shape index (κ3) is 3.50. The lowest BCUT2D eigenvalue weighted by Crippen LogP contribution is -2.49. The molecule has 1 amide bonds. The maximum atomic E-state index is 13.0. The third-order valence-electron chi connectivity index (χ3n) is 5.38. The van der Waals surface area contributed by atoms with Gasteiger partial charge in [0.05, 0.1) is 17.6 Å². The number of nitrogen functional groups attached to an aromatic ring is 1. The number of piperazine rings is 1. The summed E-state index contributed by atoms with van der Waals surface area (Å²) >= 11 is 1.33. The normalized spacial score (nSPS) is 14.3. The van der Waals surface area contributed by atoms with Crippen molar-refractivity contribution in [3.8, 4) is 0 Å². The summed E-state index contributed by atoms with van der Waals surface area (Å²) in [4.78, 5) is 43.0. The number of imidazole rings is 1. The number of fused-ring (bicyclic) bond motifs is 2. The molecule has 0 unspecified atom stereocenters. The van der Waals surface area contributed by atoms with Crippen molar-refractivity contribution in [2.75, 3.05) is 43.4 Å². The number of pyridine rings is 1. The van der Waals surface area contributed by atoms with E-state index in [1.807, 2.05) is 33.7 Å². The second-order valence-corrected chi connectivity index (χ2v) is 8.19. The van der Waals surface area contributed by atoms with E-state index in [0.29, 0.717) is 53.5 Å². The number of aromatic nitrogens is 4. The summed E-state index contributed by atoms with van der Waals surface area (Å²) in [7, 11) is 0. The summed E-state index contributed by atoms with van der Waals surface area (Å²) in [6.07, 6.45) is 3.61. The van der Waals surface area contributed by atoms with Gasteiger partial charge in [0.1, 0.15) is 22.0 Å². The smallest absolute Gasteiger partial charge is 0.339 e. The van der Waals surface area contributed by atoms with Crippen molar-refractivity contribution >= 4 is 50.8 Å². The highest BCUT2D eigenvalue weighted by atomic mass is 32.1. The maximum Gasteiger partial charge on any atom is 0.339 e. The van der Waals surface area contributed by atoms with Crippen molar-refractivity contribution in [2.24, 2.45) is 0 Å². The predicted octanol–water partition coefficient (Wildman–Crippen LogP) is 2.06. The molecule has 4 aromatic heterocycles. The highest BCUT2D eigenvalue weighted by Crippen LogP contribution is 2.33. The first-order valence-corrected chi connectivity index (χ1v) is 11.1. The maximum absolute atomic E-state index is 13.0. The lowest BCUT2D eigenvalue weighted by molar-refractivity contribution is 0.0529. The van der Waals surface area contributed by atoms with Gasteiger partial charge in [0.2, 0.25) is 5.95 Å². The van der Waals surface area contributed by atoms with E-state index in [2.05, 4.69) is 15.0 Å². The molecule has 0 saturated carbocycles. The fourth-order valence-corrected chi connectivity index (χ4v) is 4.76. The predicted molar refractivity (Wildman–Crippen MR) is 121 cm³/mol. The molecule has 10 nitrogen and oxygen atoms in total. The largest absolute Gasteiger partial charge is 0.462 e. The van der Waals surface area contributed by atoms with Crippen LogP contribution in [-0.4, -0.2) is 68.9 Å². The average molecular weight is 452 g/mol. The van der Waals surface area contributed by atoms with Crippen LogP contribution < -0.4 is 10.6 Å². The molecule has 2 N–H and O–H groups in total. The second-order valence-electron chi connectivity index (χ2n) is 7.33. The van der Waals surface area contributed by atoms with Crippen LogP contribution in [0.15, 0.2) is 36.0 Å². The Morgan fingerprint density at radius 2 is 1.97 bits per heavy atom. The number of hydrogen-bond donors (Lipinski definition) is 1. The number of ether oxygens (including phenoxy) is 1. The third-order valence-corrected chi connectivity index (χ3v) is 6.25. The van der Waals surface area contributed by atoms with Gasteiger partial charge in [-0.15, -0.1) is 11.3 Å². The van der Waals surface area contributed by atoms with Gasteiger partial charge in [0.25, 0.3) is 5.91 Å². The van der Waals surface area contributed by atoms with E-state index < -0.39 is 5.97 Å². The number of rotatable bonds is 4. The summed E-state index contributed by atoms with van der Waals surface area (Å²) in [6.45, 7) is 4.13. The number of esters is 1. The van der Waals surface area contributed by atoms with E-state index in [0.717, 1.165) is 5.65 Å². The Hall–Kier alpha value is -3.73. The molecule has 0 bridgehead atoms. The van der Waals surface area contributed by atoms with E-state index in [4.69, 9.17) is 10.5 Å². The standard InChI is InChI=1S/C21H21N7O3S/c1-2-31-20(30)13-12-32-18-16(13)17(24-21(22)25-18)26-7-9-27(10-8-26)19(29)14-11-28-6-4-3-5-15(28)23-14/h3-6,11-12H,2,7-10H2,1H3,(H2,22,24,25). The summed E-state index contributed by atoms with van der Waals surface area (Å²) in [5, 5.41) is 2.37. The lowest BCUT2D eigenvalue weighted by atomic mass is 10.2. The first kappa shape index (κ1) is 20.2. The number of nitrogens with zero attached hydrogens (tertiary/aromatic N) is 6. The van der Waals surface area contributed by atoms with E-state index in [-0.39, 0.29) is 18.5 Å². The summed E-state index contributed by atoms with van der Waals surface area (Å²) in [5.41, 5.74) is 7.52. The van der Waals surface area contributed by atoms with Crippen molar-refractivity contribution in [1.82, 2.24) is 24.3 Å². The van der Waals surface area contributed by atoms with Gasteiger partial charge in [-0.1, -0.05) is 6.07 Å². The summed E-state index contributed by atoms with van der Waals surface area (Å²) < 4.78 is 7.02.